The minimum absolute atomic E-state index is 0.0129. The zero-order chi connectivity index (χ0) is 18.4. The second-order valence-corrected chi connectivity index (χ2v) is 8.16. The summed E-state index contributed by atoms with van der Waals surface area (Å²) in [6.07, 6.45) is 3.09. The highest BCUT2D eigenvalue weighted by Crippen LogP contribution is 2.29. The fourth-order valence-corrected chi connectivity index (χ4v) is 3.66. The van der Waals surface area contributed by atoms with Crippen molar-refractivity contribution in [3.63, 3.8) is 0 Å². The normalized spacial score (nSPS) is 11.8. The number of hydrogen-bond acceptors (Lipinski definition) is 5. The van der Waals surface area contributed by atoms with Crippen molar-refractivity contribution in [2.45, 2.75) is 11.8 Å². The van der Waals surface area contributed by atoms with E-state index in [1.165, 1.54) is 32.3 Å². The molecule has 0 saturated heterocycles. The lowest BCUT2D eigenvalue weighted by molar-refractivity contribution is -0.111. The molecule has 1 aromatic heterocycles. The van der Waals surface area contributed by atoms with Crippen molar-refractivity contribution in [2.75, 3.05) is 26.0 Å². The van der Waals surface area contributed by atoms with Crippen LogP contribution in [0, 0.1) is 0 Å². The predicted octanol–water partition coefficient (Wildman–Crippen LogP) is 3.05. The molecule has 134 valence electrons. The number of nitrogens with zero attached hydrogens (tertiary/aromatic N) is 1. The SMILES string of the molecule is CCOc1ccc(NC(=O)C=Cc2ccsc2)cc1S(=O)(=O)N(C)C. The molecule has 0 fully saturated rings. The van der Waals surface area contributed by atoms with Crippen LogP contribution in [0.5, 0.6) is 5.75 Å². The lowest BCUT2D eigenvalue weighted by atomic mass is 10.2. The molecule has 0 aliphatic heterocycles. The number of amides is 1. The minimum atomic E-state index is -3.70. The number of nitrogens with one attached hydrogen (secondary N) is 1. The molecule has 1 N–H and O–H groups in total. The van der Waals surface area contributed by atoms with Gasteiger partial charge >= 0.3 is 0 Å². The monoisotopic (exact) mass is 380 g/mol. The third-order valence-corrected chi connectivity index (χ3v) is 5.78. The number of rotatable bonds is 7. The van der Waals surface area contributed by atoms with Crippen LogP contribution in [0.1, 0.15) is 12.5 Å². The molecular formula is C17H20N2O4S2. The highest BCUT2D eigenvalue weighted by atomic mass is 32.2. The maximum atomic E-state index is 12.5. The van der Waals surface area contributed by atoms with Gasteiger partial charge < -0.3 is 10.1 Å². The van der Waals surface area contributed by atoms with Gasteiger partial charge in [0.1, 0.15) is 10.6 Å². The first-order valence-corrected chi connectivity index (χ1v) is 9.93. The van der Waals surface area contributed by atoms with E-state index in [0.717, 1.165) is 9.87 Å². The zero-order valence-corrected chi connectivity index (χ0v) is 15.9. The summed E-state index contributed by atoms with van der Waals surface area (Å²) < 4.78 is 31.4. The second-order valence-electron chi connectivity index (χ2n) is 5.26. The van der Waals surface area contributed by atoms with Gasteiger partial charge in [-0.1, -0.05) is 0 Å². The van der Waals surface area contributed by atoms with Crippen LogP contribution >= 0.6 is 11.3 Å². The number of anilines is 1. The van der Waals surface area contributed by atoms with E-state index in [2.05, 4.69) is 5.32 Å². The van der Waals surface area contributed by atoms with E-state index in [1.807, 2.05) is 16.8 Å². The molecule has 6 nitrogen and oxygen atoms in total. The molecular weight excluding hydrogens is 360 g/mol. The summed E-state index contributed by atoms with van der Waals surface area (Å²) in [4.78, 5) is 12.0. The number of hydrogen-bond donors (Lipinski definition) is 1. The van der Waals surface area contributed by atoms with E-state index in [4.69, 9.17) is 4.74 Å². The van der Waals surface area contributed by atoms with Crippen molar-refractivity contribution in [3.8, 4) is 5.75 Å². The number of carbonyl (C=O) groups is 1. The van der Waals surface area contributed by atoms with Gasteiger partial charge in [0.15, 0.2) is 0 Å². The smallest absolute Gasteiger partial charge is 0.248 e. The summed E-state index contributed by atoms with van der Waals surface area (Å²) in [6.45, 7) is 2.11. The van der Waals surface area contributed by atoms with Crippen molar-refractivity contribution in [1.82, 2.24) is 4.31 Å². The molecule has 0 saturated carbocycles. The Morgan fingerprint density at radius 2 is 2.08 bits per heavy atom. The van der Waals surface area contributed by atoms with Gasteiger partial charge in [-0.25, -0.2) is 12.7 Å². The molecule has 8 heteroatoms. The molecule has 1 amide bonds. The number of thiophene rings is 1. The molecule has 0 spiro atoms. The third kappa shape index (κ3) is 4.91. The van der Waals surface area contributed by atoms with Crippen LogP contribution in [0.15, 0.2) is 46.0 Å². The highest BCUT2D eigenvalue weighted by molar-refractivity contribution is 7.89. The molecule has 25 heavy (non-hydrogen) atoms. The molecule has 2 aromatic rings. The van der Waals surface area contributed by atoms with Gasteiger partial charge in [0, 0.05) is 25.9 Å². The lowest BCUT2D eigenvalue weighted by Crippen LogP contribution is -2.23. The minimum Gasteiger partial charge on any atom is -0.492 e. The first-order chi connectivity index (χ1) is 11.8. The Morgan fingerprint density at radius 1 is 1.32 bits per heavy atom. The van der Waals surface area contributed by atoms with Crippen LogP contribution < -0.4 is 10.1 Å². The fraction of sp³-hybridized carbons (Fsp3) is 0.235. The topological polar surface area (TPSA) is 75.7 Å². The molecule has 0 aliphatic rings. The van der Waals surface area contributed by atoms with E-state index < -0.39 is 10.0 Å². The van der Waals surface area contributed by atoms with Gasteiger partial charge in [-0.3, -0.25) is 4.79 Å². The van der Waals surface area contributed by atoms with Crippen molar-refractivity contribution in [2.24, 2.45) is 0 Å². The predicted molar refractivity (Wildman–Crippen MR) is 100 cm³/mol. The van der Waals surface area contributed by atoms with E-state index in [1.54, 1.807) is 30.4 Å². The largest absolute Gasteiger partial charge is 0.492 e. The lowest BCUT2D eigenvalue weighted by Gasteiger charge is -2.16. The Morgan fingerprint density at radius 3 is 2.68 bits per heavy atom. The molecule has 1 heterocycles. The van der Waals surface area contributed by atoms with Crippen LogP contribution in [-0.4, -0.2) is 39.3 Å². The maximum Gasteiger partial charge on any atom is 0.248 e. The number of carbonyl (C=O) groups excluding carboxylic acids is 1. The summed E-state index contributed by atoms with van der Waals surface area (Å²) in [6, 6.07) is 6.44. The Bertz CT molecular complexity index is 857. The molecule has 1 aromatic carbocycles. The second kappa shape index (κ2) is 8.28. The summed E-state index contributed by atoms with van der Waals surface area (Å²) in [5, 5.41) is 6.50. The number of ether oxygens (including phenoxy) is 1. The Hall–Kier alpha value is -2.16. The van der Waals surface area contributed by atoms with Crippen molar-refractivity contribution >= 4 is 39.0 Å². The Labute approximate surface area is 151 Å². The van der Waals surface area contributed by atoms with Gasteiger partial charge in [-0.2, -0.15) is 11.3 Å². The summed E-state index contributed by atoms with van der Waals surface area (Å²) >= 11 is 1.54. The third-order valence-electron chi connectivity index (χ3n) is 3.24. The van der Waals surface area contributed by atoms with Crippen LogP contribution in [0.4, 0.5) is 5.69 Å². The van der Waals surface area contributed by atoms with Crippen LogP contribution in [0.25, 0.3) is 6.08 Å². The molecule has 0 radical (unpaired) electrons. The average molecular weight is 380 g/mol. The molecule has 2 rings (SSSR count). The van der Waals surface area contributed by atoms with Crippen molar-refractivity contribution < 1.29 is 17.9 Å². The fourth-order valence-electron chi connectivity index (χ4n) is 1.98. The Balaban J connectivity index is 2.26. The van der Waals surface area contributed by atoms with Crippen LogP contribution in [0.2, 0.25) is 0 Å². The number of sulfonamides is 1. The number of benzene rings is 1. The van der Waals surface area contributed by atoms with Crippen molar-refractivity contribution in [3.05, 3.63) is 46.7 Å². The van der Waals surface area contributed by atoms with E-state index >= 15 is 0 Å². The summed E-state index contributed by atoms with van der Waals surface area (Å²) in [5.74, 6) is -0.0911. The first-order valence-electron chi connectivity index (χ1n) is 7.55. The van der Waals surface area contributed by atoms with Crippen molar-refractivity contribution in [1.29, 1.82) is 0 Å². The van der Waals surface area contributed by atoms with Crippen LogP contribution in [0.3, 0.4) is 0 Å². The molecule has 0 aliphatic carbocycles. The van der Waals surface area contributed by atoms with Gasteiger partial charge in [0.25, 0.3) is 0 Å². The van der Waals surface area contributed by atoms with Gasteiger partial charge in [0.05, 0.1) is 6.61 Å². The molecule has 0 unspecified atom stereocenters. The van der Waals surface area contributed by atoms with Gasteiger partial charge in [0.2, 0.25) is 15.9 Å². The van der Waals surface area contributed by atoms with E-state index in [-0.39, 0.29) is 16.6 Å². The van der Waals surface area contributed by atoms with E-state index in [0.29, 0.717) is 12.3 Å². The Kier molecular flexibility index (Phi) is 6.35. The van der Waals surface area contributed by atoms with Gasteiger partial charge in [-0.15, -0.1) is 0 Å². The quantitative estimate of drug-likeness (QED) is 0.749. The zero-order valence-electron chi connectivity index (χ0n) is 14.2. The first kappa shape index (κ1) is 19.2. The van der Waals surface area contributed by atoms with Crippen LogP contribution in [-0.2, 0) is 14.8 Å². The van der Waals surface area contributed by atoms with E-state index in [9.17, 15) is 13.2 Å². The highest BCUT2D eigenvalue weighted by Gasteiger charge is 2.23. The molecule has 0 atom stereocenters. The van der Waals surface area contributed by atoms with Gasteiger partial charge in [-0.05, 0) is 53.6 Å². The average Bonchev–Trinajstić information content (AvgIpc) is 3.08. The maximum absolute atomic E-state index is 12.5. The molecule has 0 bridgehead atoms. The summed E-state index contributed by atoms with van der Waals surface area (Å²) in [7, 11) is -0.807. The summed E-state index contributed by atoms with van der Waals surface area (Å²) in [5.41, 5.74) is 1.31. The standard InChI is InChI=1S/C17H20N2O4S2/c1-4-23-15-7-6-14(11-16(15)25(21,22)19(2)3)18-17(20)8-5-13-9-10-24-12-13/h5-12H,4H2,1-3H3,(H,18,20).